The van der Waals surface area contributed by atoms with E-state index in [0.717, 1.165) is 6.42 Å². The lowest BCUT2D eigenvalue weighted by atomic mass is 9.67. The van der Waals surface area contributed by atoms with Crippen LogP contribution in [0.5, 0.6) is 0 Å². The van der Waals surface area contributed by atoms with Crippen molar-refractivity contribution in [1.29, 1.82) is 0 Å². The van der Waals surface area contributed by atoms with Crippen molar-refractivity contribution < 1.29 is 23.9 Å². The monoisotopic (exact) mass is 426 g/mol. The number of benzene rings is 1. The van der Waals surface area contributed by atoms with Crippen molar-refractivity contribution in [2.45, 2.75) is 38.3 Å². The van der Waals surface area contributed by atoms with Crippen LogP contribution in [0.25, 0.3) is 10.4 Å². The summed E-state index contributed by atoms with van der Waals surface area (Å²) in [5, 5.41) is 3.56. The third-order valence-electron chi connectivity index (χ3n) is 5.83. The standard InChI is InChI=1S/C22H26N4O5/c1-3-8-31-22(29)26-18-7-6-14(13-24-25-23)10-17(18)21(28)20-15(5-4-9-30-2)11-16(27)12-19(20)26/h3,6-7,10,15,19-20H,1,4-5,8-9,11-13H2,2H3/t15-,19+,20-/m0/s1. The van der Waals surface area contributed by atoms with E-state index in [2.05, 4.69) is 16.6 Å². The molecule has 0 saturated heterocycles. The molecule has 9 nitrogen and oxygen atoms in total. The maximum Gasteiger partial charge on any atom is 0.414 e. The fourth-order valence-electron chi connectivity index (χ4n) is 4.58. The number of ether oxygens (including phenoxy) is 2. The second kappa shape index (κ2) is 10.2. The molecule has 1 fully saturated rings. The molecule has 164 valence electrons. The Labute approximate surface area is 180 Å². The molecule has 0 radical (unpaired) electrons. The van der Waals surface area contributed by atoms with Gasteiger partial charge in [0.05, 0.1) is 18.3 Å². The molecule has 1 aliphatic carbocycles. The summed E-state index contributed by atoms with van der Waals surface area (Å²) in [6, 6.07) is 4.43. The molecule has 3 rings (SSSR count). The van der Waals surface area contributed by atoms with E-state index in [4.69, 9.17) is 15.0 Å². The van der Waals surface area contributed by atoms with E-state index in [0.29, 0.717) is 36.3 Å². The highest BCUT2D eigenvalue weighted by molar-refractivity contribution is 6.11. The van der Waals surface area contributed by atoms with E-state index in [-0.39, 0.29) is 37.1 Å². The van der Waals surface area contributed by atoms with E-state index in [9.17, 15) is 14.4 Å². The molecule has 1 amide bonds. The van der Waals surface area contributed by atoms with Gasteiger partial charge in [-0.25, -0.2) is 4.79 Å². The molecule has 1 aromatic rings. The lowest BCUT2D eigenvalue weighted by Gasteiger charge is -2.46. The van der Waals surface area contributed by atoms with Crippen molar-refractivity contribution >= 4 is 23.3 Å². The Bertz CT molecular complexity index is 924. The molecular weight excluding hydrogens is 400 g/mol. The molecule has 0 N–H and O–H groups in total. The number of ketones is 2. The Morgan fingerprint density at radius 3 is 2.90 bits per heavy atom. The Balaban J connectivity index is 2.05. The van der Waals surface area contributed by atoms with E-state index in [1.165, 1.54) is 11.0 Å². The molecule has 2 aliphatic rings. The van der Waals surface area contributed by atoms with Crippen LogP contribution in [0.4, 0.5) is 10.5 Å². The van der Waals surface area contributed by atoms with Crippen LogP contribution in [0.15, 0.2) is 36.0 Å². The van der Waals surface area contributed by atoms with Gasteiger partial charge < -0.3 is 9.47 Å². The summed E-state index contributed by atoms with van der Waals surface area (Å²) < 4.78 is 10.4. The number of hydrogen-bond donors (Lipinski definition) is 0. The van der Waals surface area contributed by atoms with Crippen LogP contribution in [0, 0.1) is 11.8 Å². The van der Waals surface area contributed by atoms with Gasteiger partial charge in [-0.15, -0.1) is 0 Å². The number of anilines is 1. The molecule has 0 spiro atoms. The molecule has 0 bridgehead atoms. The molecule has 0 aromatic heterocycles. The van der Waals surface area contributed by atoms with Crippen molar-refractivity contribution in [1.82, 2.24) is 0 Å². The highest BCUT2D eigenvalue weighted by Gasteiger charge is 2.50. The molecular formula is C22H26N4O5. The summed E-state index contributed by atoms with van der Waals surface area (Å²) >= 11 is 0. The Kier molecular flexibility index (Phi) is 7.44. The summed E-state index contributed by atoms with van der Waals surface area (Å²) in [6.07, 6.45) is 2.64. The largest absolute Gasteiger partial charge is 0.445 e. The fourth-order valence-corrected chi connectivity index (χ4v) is 4.58. The molecule has 1 heterocycles. The zero-order valence-electron chi connectivity index (χ0n) is 17.5. The van der Waals surface area contributed by atoms with Crippen molar-refractivity contribution in [2.75, 3.05) is 25.2 Å². The van der Waals surface area contributed by atoms with Crippen LogP contribution < -0.4 is 4.90 Å². The minimum atomic E-state index is -0.614. The third kappa shape index (κ3) is 4.78. The first-order valence-corrected chi connectivity index (χ1v) is 10.3. The van der Waals surface area contributed by atoms with Crippen LogP contribution in [-0.4, -0.2) is 44.0 Å². The first kappa shape index (κ1) is 22.5. The van der Waals surface area contributed by atoms with E-state index < -0.39 is 18.1 Å². The minimum absolute atomic E-state index is 0.0240. The van der Waals surface area contributed by atoms with Gasteiger partial charge in [0.1, 0.15) is 12.4 Å². The lowest BCUT2D eigenvalue weighted by molar-refractivity contribution is -0.122. The number of amides is 1. The SMILES string of the molecule is C=CCOC(=O)N1c2ccc(CN=[N+]=[N-])cc2C(=O)[C@H]2[C@@H](CCCOC)CC(=O)C[C@H]21. The van der Waals surface area contributed by atoms with Gasteiger partial charge in [-0.1, -0.05) is 23.8 Å². The summed E-state index contributed by atoms with van der Waals surface area (Å²) in [6.45, 7) is 4.23. The average molecular weight is 426 g/mol. The first-order valence-electron chi connectivity index (χ1n) is 10.3. The zero-order chi connectivity index (χ0) is 22.4. The van der Waals surface area contributed by atoms with Gasteiger partial charge in [-0.3, -0.25) is 14.5 Å². The molecule has 1 aromatic carbocycles. The van der Waals surface area contributed by atoms with Crippen molar-refractivity contribution in [3.8, 4) is 0 Å². The number of fused-ring (bicyclic) bond motifs is 2. The zero-order valence-corrected chi connectivity index (χ0v) is 17.5. The number of methoxy groups -OCH3 is 1. The normalized spacial score (nSPS) is 22.2. The second-order valence-corrected chi connectivity index (χ2v) is 7.78. The summed E-state index contributed by atoms with van der Waals surface area (Å²) in [7, 11) is 1.61. The smallest absolute Gasteiger partial charge is 0.414 e. The Morgan fingerprint density at radius 1 is 1.39 bits per heavy atom. The van der Waals surface area contributed by atoms with Gasteiger partial charge >= 0.3 is 6.09 Å². The predicted molar refractivity (Wildman–Crippen MR) is 114 cm³/mol. The lowest BCUT2D eigenvalue weighted by Crippen LogP contribution is -2.56. The third-order valence-corrected chi connectivity index (χ3v) is 5.83. The molecule has 3 atom stereocenters. The van der Waals surface area contributed by atoms with Gasteiger partial charge in [-0.05, 0) is 42.0 Å². The van der Waals surface area contributed by atoms with Crippen molar-refractivity contribution in [2.24, 2.45) is 17.0 Å². The number of azide groups is 1. The van der Waals surface area contributed by atoms with E-state index in [1.54, 1.807) is 25.3 Å². The van der Waals surface area contributed by atoms with Gasteiger partial charge in [-0.2, -0.15) is 0 Å². The Morgan fingerprint density at radius 2 is 2.19 bits per heavy atom. The number of rotatable bonds is 8. The molecule has 1 saturated carbocycles. The number of hydrogen-bond acceptors (Lipinski definition) is 6. The highest BCUT2D eigenvalue weighted by Crippen LogP contribution is 2.44. The maximum atomic E-state index is 13.6. The first-order chi connectivity index (χ1) is 15.0. The quantitative estimate of drug-likeness (QED) is 0.203. The summed E-state index contributed by atoms with van der Waals surface area (Å²) in [5.41, 5.74) is 10.1. The van der Waals surface area contributed by atoms with Crippen LogP contribution >= 0.6 is 0 Å². The van der Waals surface area contributed by atoms with Gasteiger partial charge in [0, 0.05) is 43.0 Å². The number of Topliss-reactive ketones (excluding diaryl/α,β-unsaturated/α-hetero) is 2. The fraction of sp³-hybridized carbons (Fsp3) is 0.500. The minimum Gasteiger partial charge on any atom is -0.445 e. The van der Waals surface area contributed by atoms with Crippen molar-refractivity contribution in [3.63, 3.8) is 0 Å². The topological polar surface area (TPSA) is 122 Å². The van der Waals surface area contributed by atoms with Gasteiger partial charge in [0.25, 0.3) is 0 Å². The van der Waals surface area contributed by atoms with Gasteiger partial charge in [0.15, 0.2) is 5.78 Å². The van der Waals surface area contributed by atoms with E-state index >= 15 is 0 Å². The van der Waals surface area contributed by atoms with Crippen LogP contribution in [0.2, 0.25) is 0 Å². The number of nitrogens with zero attached hydrogens (tertiary/aromatic N) is 4. The molecule has 1 aliphatic heterocycles. The van der Waals surface area contributed by atoms with E-state index in [1.807, 2.05) is 0 Å². The molecule has 31 heavy (non-hydrogen) atoms. The summed E-state index contributed by atoms with van der Waals surface area (Å²) in [5.74, 6) is -0.752. The number of carbonyl (C=O) groups excluding carboxylic acids is 3. The van der Waals surface area contributed by atoms with Crippen LogP contribution in [0.1, 0.15) is 41.6 Å². The van der Waals surface area contributed by atoms with Crippen LogP contribution in [-0.2, 0) is 20.8 Å². The average Bonchev–Trinajstić information content (AvgIpc) is 2.76. The Hall–Kier alpha value is -3.16. The predicted octanol–water partition coefficient (Wildman–Crippen LogP) is 4.21. The molecule has 0 unspecified atom stereocenters. The number of carbonyl (C=O) groups is 3. The van der Waals surface area contributed by atoms with Gasteiger partial charge in [0.2, 0.25) is 0 Å². The van der Waals surface area contributed by atoms with Crippen LogP contribution in [0.3, 0.4) is 0 Å². The summed E-state index contributed by atoms with van der Waals surface area (Å²) in [4.78, 5) is 43.3. The maximum absolute atomic E-state index is 13.6. The highest BCUT2D eigenvalue weighted by atomic mass is 16.6. The van der Waals surface area contributed by atoms with Crippen molar-refractivity contribution in [3.05, 3.63) is 52.4 Å². The molecule has 9 heteroatoms. The second-order valence-electron chi connectivity index (χ2n) is 7.78.